The van der Waals surface area contributed by atoms with E-state index in [9.17, 15) is 9.59 Å². The molecule has 1 aliphatic carbocycles. The van der Waals surface area contributed by atoms with Crippen LogP contribution in [0.2, 0.25) is 0 Å². The van der Waals surface area contributed by atoms with Crippen molar-refractivity contribution in [3.05, 3.63) is 59.5 Å². The van der Waals surface area contributed by atoms with Gasteiger partial charge in [0.25, 0.3) is 0 Å². The van der Waals surface area contributed by atoms with Gasteiger partial charge in [-0.1, -0.05) is 19.3 Å². The van der Waals surface area contributed by atoms with Gasteiger partial charge in [-0.2, -0.15) is 0 Å². The summed E-state index contributed by atoms with van der Waals surface area (Å²) < 4.78 is 28.1. The molecule has 11 heteroatoms. The number of fused-ring (bicyclic) bond motifs is 5. The second-order valence-corrected chi connectivity index (χ2v) is 13.1. The summed E-state index contributed by atoms with van der Waals surface area (Å²) in [5.74, 6) is 2.38. The summed E-state index contributed by atoms with van der Waals surface area (Å²) in [6.07, 6.45) is 9.16. The van der Waals surface area contributed by atoms with Gasteiger partial charge in [-0.3, -0.25) is 9.20 Å². The molecule has 0 radical (unpaired) electrons. The Morgan fingerprint density at radius 2 is 1.83 bits per heavy atom. The highest BCUT2D eigenvalue weighted by molar-refractivity contribution is 5.95. The number of aromatic nitrogens is 3. The Bertz CT molecular complexity index is 1830. The van der Waals surface area contributed by atoms with Crippen molar-refractivity contribution in [2.45, 2.75) is 70.9 Å². The minimum atomic E-state index is -0.397. The van der Waals surface area contributed by atoms with Crippen molar-refractivity contribution in [3.63, 3.8) is 0 Å². The second-order valence-electron chi connectivity index (χ2n) is 13.1. The molecule has 0 spiro atoms. The van der Waals surface area contributed by atoms with E-state index < -0.39 is 5.97 Å². The topological polar surface area (TPSA) is 99.8 Å². The molecule has 5 heterocycles. The first-order valence-electron chi connectivity index (χ1n) is 17.5. The highest BCUT2D eigenvalue weighted by atomic mass is 16.5. The molecule has 4 aromatic rings. The van der Waals surface area contributed by atoms with Crippen LogP contribution >= 0.6 is 0 Å². The number of esters is 1. The van der Waals surface area contributed by atoms with E-state index in [2.05, 4.69) is 38.1 Å². The molecular formula is C37H43N5O6. The van der Waals surface area contributed by atoms with Gasteiger partial charge in [0.2, 0.25) is 11.7 Å². The van der Waals surface area contributed by atoms with Gasteiger partial charge in [0.05, 0.1) is 37.8 Å². The van der Waals surface area contributed by atoms with E-state index in [4.69, 9.17) is 23.9 Å². The second kappa shape index (κ2) is 13.2. The van der Waals surface area contributed by atoms with Gasteiger partial charge < -0.3 is 33.3 Å². The minimum Gasteiger partial charge on any atom is -0.491 e. The number of hydrogen-bond acceptors (Lipinski definition) is 8. The van der Waals surface area contributed by atoms with Crippen molar-refractivity contribution in [2.24, 2.45) is 0 Å². The number of rotatable bonds is 8. The van der Waals surface area contributed by atoms with Gasteiger partial charge in [-0.15, -0.1) is 0 Å². The maximum absolute atomic E-state index is 12.7. The molecule has 0 atom stereocenters. The van der Waals surface area contributed by atoms with Crippen molar-refractivity contribution < 1.29 is 28.5 Å². The Morgan fingerprint density at radius 3 is 2.62 bits per heavy atom. The number of imidazole rings is 2. The molecule has 3 fully saturated rings. The van der Waals surface area contributed by atoms with Gasteiger partial charge in [0.1, 0.15) is 24.7 Å². The molecule has 2 aromatic heterocycles. The maximum atomic E-state index is 12.7. The van der Waals surface area contributed by atoms with Crippen molar-refractivity contribution in [1.29, 1.82) is 0 Å². The van der Waals surface area contributed by atoms with Gasteiger partial charge >= 0.3 is 5.97 Å². The van der Waals surface area contributed by atoms with Gasteiger partial charge in [-0.05, 0) is 56.5 Å². The fraction of sp³-hybridized carbons (Fsp3) is 0.486. The Balaban J connectivity index is 1.13. The highest BCUT2D eigenvalue weighted by Crippen LogP contribution is 2.45. The Kier molecular flexibility index (Phi) is 8.46. The van der Waals surface area contributed by atoms with E-state index >= 15 is 0 Å². The lowest BCUT2D eigenvalue weighted by Crippen LogP contribution is -2.37. The fourth-order valence-electron chi connectivity index (χ4n) is 7.86. The lowest BCUT2D eigenvalue weighted by molar-refractivity contribution is -0.117. The average Bonchev–Trinajstić information content (AvgIpc) is 3.79. The predicted octanol–water partition coefficient (Wildman–Crippen LogP) is 5.96. The van der Waals surface area contributed by atoms with E-state index in [0.717, 1.165) is 84.4 Å². The van der Waals surface area contributed by atoms with E-state index in [-0.39, 0.29) is 5.91 Å². The van der Waals surface area contributed by atoms with Crippen molar-refractivity contribution >= 4 is 29.0 Å². The number of nitrogens with zero attached hydrogens (tertiary/aromatic N) is 5. The standard InChI is InChI=1S/C37H43N5O6/c1-2-46-36(44)30-23-42-34(25-7-4-3-5-8-25)35-29-12-11-28(22-32(29)47-20-17-41(35)37(42)38-30)48-24-26-21-27(40-14-6-9-33(40)43)10-13-31(26)39-15-18-45-19-16-39/h10-13,21-23,25H,2-9,14-20,24H2,1H3. The zero-order chi connectivity index (χ0) is 32.6. The number of benzene rings is 2. The lowest BCUT2D eigenvalue weighted by atomic mass is 9.85. The molecule has 2 aromatic carbocycles. The van der Waals surface area contributed by atoms with Gasteiger partial charge in [0, 0.05) is 66.7 Å². The monoisotopic (exact) mass is 653 g/mol. The third-order valence-electron chi connectivity index (χ3n) is 10.2. The fourth-order valence-corrected chi connectivity index (χ4v) is 7.86. The first-order valence-corrected chi connectivity index (χ1v) is 17.5. The summed E-state index contributed by atoms with van der Waals surface area (Å²) in [5.41, 5.74) is 6.71. The molecule has 1 amide bonds. The van der Waals surface area contributed by atoms with E-state index in [1.165, 1.54) is 25.0 Å². The van der Waals surface area contributed by atoms with Crippen LogP contribution in [-0.4, -0.2) is 71.9 Å². The normalized spacial score (nSPS) is 18.4. The van der Waals surface area contributed by atoms with E-state index in [1.807, 2.05) is 30.2 Å². The predicted molar refractivity (Wildman–Crippen MR) is 181 cm³/mol. The third kappa shape index (κ3) is 5.67. The van der Waals surface area contributed by atoms with Crippen LogP contribution in [-0.2, 0) is 27.4 Å². The Hall–Kier alpha value is -4.51. The molecule has 2 saturated heterocycles. The molecule has 0 bridgehead atoms. The number of anilines is 2. The van der Waals surface area contributed by atoms with Gasteiger partial charge in [-0.25, -0.2) is 9.78 Å². The summed E-state index contributed by atoms with van der Waals surface area (Å²) in [6, 6.07) is 12.4. The zero-order valence-corrected chi connectivity index (χ0v) is 27.6. The summed E-state index contributed by atoms with van der Waals surface area (Å²) in [6.45, 7) is 7.31. The molecule has 1 saturated carbocycles. The molecule has 0 unspecified atom stereocenters. The molecule has 4 aliphatic rings. The number of ether oxygens (including phenoxy) is 4. The van der Waals surface area contributed by atoms with E-state index in [1.54, 1.807) is 0 Å². The first-order chi connectivity index (χ1) is 23.6. The molecular weight excluding hydrogens is 610 g/mol. The Morgan fingerprint density at radius 1 is 0.979 bits per heavy atom. The smallest absolute Gasteiger partial charge is 0.358 e. The van der Waals surface area contributed by atoms with Crippen LogP contribution in [0.1, 0.15) is 79.5 Å². The molecule has 252 valence electrons. The number of hydrogen-bond donors (Lipinski definition) is 0. The number of carbonyl (C=O) groups is 2. The summed E-state index contributed by atoms with van der Waals surface area (Å²) >= 11 is 0. The maximum Gasteiger partial charge on any atom is 0.358 e. The van der Waals surface area contributed by atoms with Crippen molar-refractivity contribution in [3.8, 4) is 22.8 Å². The Labute approximate surface area is 280 Å². The van der Waals surface area contributed by atoms with Crippen LogP contribution in [0.3, 0.4) is 0 Å². The SMILES string of the molecule is CCOC(=O)c1cn2c(C3CCCCC3)c3n(c2n1)CCOc1cc(OCc2cc(N4CCCC4=O)ccc2N2CCOCC2)ccc1-3. The summed E-state index contributed by atoms with van der Waals surface area (Å²) in [5, 5.41) is 0. The number of carbonyl (C=O) groups excluding carboxylic acids is 2. The largest absolute Gasteiger partial charge is 0.491 e. The molecule has 0 N–H and O–H groups in total. The number of morpholine rings is 1. The van der Waals surface area contributed by atoms with E-state index in [0.29, 0.717) is 57.6 Å². The van der Waals surface area contributed by atoms with Crippen LogP contribution in [0.15, 0.2) is 42.6 Å². The van der Waals surface area contributed by atoms with Crippen LogP contribution in [0.25, 0.3) is 17.0 Å². The van der Waals surface area contributed by atoms with Crippen LogP contribution < -0.4 is 19.3 Å². The van der Waals surface area contributed by atoms with Gasteiger partial charge in [0.15, 0.2) is 5.69 Å². The minimum absolute atomic E-state index is 0.172. The lowest BCUT2D eigenvalue weighted by Gasteiger charge is -2.31. The summed E-state index contributed by atoms with van der Waals surface area (Å²) in [4.78, 5) is 34.2. The third-order valence-corrected chi connectivity index (χ3v) is 10.2. The zero-order valence-electron chi connectivity index (χ0n) is 27.6. The molecule has 11 nitrogen and oxygen atoms in total. The van der Waals surface area contributed by atoms with Crippen LogP contribution in [0.5, 0.6) is 11.5 Å². The highest BCUT2D eigenvalue weighted by Gasteiger charge is 2.32. The van der Waals surface area contributed by atoms with Crippen molar-refractivity contribution in [2.75, 3.05) is 55.9 Å². The molecule has 3 aliphatic heterocycles. The molecule has 48 heavy (non-hydrogen) atoms. The van der Waals surface area contributed by atoms with Crippen LogP contribution in [0, 0.1) is 0 Å². The number of amides is 1. The average molecular weight is 654 g/mol. The van der Waals surface area contributed by atoms with Crippen molar-refractivity contribution in [1.82, 2.24) is 14.0 Å². The van der Waals surface area contributed by atoms with Crippen LogP contribution in [0.4, 0.5) is 11.4 Å². The molecule has 8 rings (SSSR count). The summed E-state index contributed by atoms with van der Waals surface area (Å²) in [7, 11) is 0. The first kappa shape index (κ1) is 30.8. The quantitative estimate of drug-likeness (QED) is 0.215.